The number of hydroxylamine groups is 1. The van der Waals surface area contributed by atoms with Gasteiger partial charge in [-0.15, -0.1) is 11.9 Å². The molecule has 0 amide bonds. The molecule has 25 heavy (non-hydrogen) atoms. The lowest BCUT2D eigenvalue weighted by molar-refractivity contribution is -0.137. The van der Waals surface area contributed by atoms with Crippen LogP contribution in [0, 0.1) is 12.3 Å². The number of carbonyl (C=O) groups is 2. The Morgan fingerprint density at radius 3 is 2.92 bits per heavy atom. The molecule has 2 rings (SSSR count). The number of aliphatic carboxylic acids is 1. The second kappa shape index (κ2) is 8.89. The molecule has 3 N–H and O–H groups in total. The van der Waals surface area contributed by atoms with E-state index in [0.717, 1.165) is 5.52 Å². The molecule has 1 aromatic heterocycles. The predicted molar refractivity (Wildman–Crippen MR) is 98.5 cm³/mol. The minimum absolute atomic E-state index is 0.101. The van der Waals surface area contributed by atoms with E-state index in [1.54, 1.807) is 12.3 Å². The fourth-order valence-corrected chi connectivity index (χ4v) is 3.62. The first-order chi connectivity index (χ1) is 12.0. The van der Waals surface area contributed by atoms with Gasteiger partial charge in [0.05, 0.1) is 25.9 Å². The Morgan fingerprint density at radius 1 is 1.52 bits per heavy atom. The van der Waals surface area contributed by atoms with E-state index in [-0.39, 0.29) is 19.4 Å². The average molecular weight is 474 g/mol. The lowest BCUT2D eigenvalue weighted by Gasteiger charge is -2.13. The van der Waals surface area contributed by atoms with Gasteiger partial charge in [-0.25, -0.2) is 0 Å². The summed E-state index contributed by atoms with van der Waals surface area (Å²) in [6.45, 7) is 0.101. The van der Waals surface area contributed by atoms with Crippen molar-refractivity contribution in [3.63, 3.8) is 0 Å². The van der Waals surface area contributed by atoms with Gasteiger partial charge in [0, 0.05) is 12.6 Å². The largest absolute Gasteiger partial charge is 0.481 e. The van der Waals surface area contributed by atoms with E-state index in [9.17, 15) is 9.59 Å². The van der Waals surface area contributed by atoms with E-state index in [0.29, 0.717) is 32.1 Å². The third-order valence-corrected chi connectivity index (χ3v) is 4.58. The number of hydrogen-bond acceptors (Lipinski definition) is 5. The Morgan fingerprint density at radius 2 is 2.28 bits per heavy atom. The number of rotatable bonds is 9. The van der Waals surface area contributed by atoms with Gasteiger partial charge in [0.25, 0.3) is 0 Å². The molecule has 0 bridgehead atoms. The molecule has 1 atom stereocenters. The van der Waals surface area contributed by atoms with Gasteiger partial charge in [-0.2, -0.15) is 0 Å². The van der Waals surface area contributed by atoms with Gasteiger partial charge in [0.1, 0.15) is 18.6 Å². The topological polar surface area (TPSA) is 101 Å². The minimum Gasteiger partial charge on any atom is -0.481 e. The predicted octanol–water partition coefficient (Wildman–Crippen LogP) is 3.02. The van der Waals surface area contributed by atoms with Crippen LogP contribution in [-0.2, 0) is 9.59 Å². The van der Waals surface area contributed by atoms with E-state index in [2.05, 4.69) is 48.2 Å². The van der Waals surface area contributed by atoms with Crippen molar-refractivity contribution >= 4 is 55.0 Å². The maximum atomic E-state index is 11.0. The summed E-state index contributed by atoms with van der Waals surface area (Å²) in [5.74, 6) is 2.35. The quantitative estimate of drug-likeness (QED) is 0.294. The molecule has 9 heteroatoms. The van der Waals surface area contributed by atoms with Gasteiger partial charge in [-0.1, -0.05) is 5.92 Å². The smallest absolute Gasteiger partial charge is 0.303 e. The monoisotopic (exact) mass is 472 g/mol. The maximum Gasteiger partial charge on any atom is 0.303 e. The summed E-state index contributed by atoms with van der Waals surface area (Å²) in [5, 5.41) is 9.37. The van der Waals surface area contributed by atoms with Crippen molar-refractivity contribution in [3.8, 4) is 23.8 Å². The third kappa shape index (κ3) is 4.75. The molecule has 0 spiro atoms. The van der Waals surface area contributed by atoms with Gasteiger partial charge in [0.2, 0.25) is 0 Å². The molecule has 0 unspecified atom stereocenters. The molecule has 0 fully saturated rings. The molecule has 0 saturated carbocycles. The van der Waals surface area contributed by atoms with Gasteiger partial charge < -0.3 is 24.5 Å². The highest BCUT2D eigenvalue weighted by Gasteiger charge is 2.18. The van der Waals surface area contributed by atoms with Crippen LogP contribution >= 0.6 is 31.9 Å². The molecule has 1 heterocycles. The van der Waals surface area contributed by atoms with Gasteiger partial charge in [-0.3, -0.25) is 4.79 Å². The van der Waals surface area contributed by atoms with Crippen LogP contribution in [0.2, 0.25) is 0 Å². The maximum absolute atomic E-state index is 11.0. The van der Waals surface area contributed by atoms with Crippen molar-refractivity contribution in [2.45, 2.75) is 18.9 Å². The second-order valence-corrected chi connectivity index (χ2v) is 6.61. The third-order valence-electron chi connectivity index (χ3n) is 3.23. The SMILES string of the molecule is C#CCOc1c(Br)cc2[nH]cc(ON[C@H](C=O)CCC(=O)O)c2c1Br. The molecular weight excluding hydrogens is 460 g/mol. The van der Waals surface area contributed by atoms with E-state index >= 15 is 0 Å². The average Bonchev–Trinajstić information content (AvgIpc) is 2.97. The van der Waals surface area contributed by atoms with E-state index in [1.807, 2.05) is 0 Å². The van der Waals surface area contributed by atoms with Crippen LogP contribution in [0.1, 0.15) is 12.8 Å². The molecule has 1 aromatic carbocycles. The zero-order chi connectivity index (χ0) is 18.4. The fraction of sp³-hybridized carbons (Fsp3) is 0.250. The Balaban J connectivity index is 2.22. The van der Waals surface area contributed by atoms with Crippen LogP contribution in [0.25, 0.3) is 10.9 Å². The number of benzene rings is 1. The Labute approximate surface area is 160 Å². The standard InChI is InChI=1S/C16H14Br2N2O5/c1-2-5-24-16-10(17)6-11-14(15(16)18)12(7-19-11)25-20-9(8-21)3-4-13(22)23/h1,6-9,19-20H,3-5H2,(H,22,23)/t9-/m0/s1. The minimum atomic E-state index is -0.983. The van der Waals surface area contributed by atoms with E-state index in [4.69, 9.17) is 21.1 Å². The molecule has 0 aliphatic carbocycles. The van der Waals surface area contributed by atoms with Gasteiger partial charge in [-0.05, 0) is 44.3 Å². The highest BCUT2D eigenvalue weighted by Crippen LogP contribution is 2.43. The van der Waals surface area contributed by atoms with Crippen LogP contribution in [0.3, 0.4) is 0 Å². The number of halogens is 2. The number of carboxylic acid groups (broad SMARTS) is 1. The number of aromatic nitrogens is 1. The highest BCUT2D eigenvalue weighted by molar-refractivity contribution is 9.11. The molecule has 132 valence electrons. The number of ether oxygens (including phenoxy) is 1. The van der Waals surface area contributed by atoms with Crippen molar-refractivity contribution in [1.82, 2.24) is 10.5 Å². The Bertz CT molecular complexity index is 828. The van der Waals surface area contributed by atoms with Crippen LogP contribution in [0.4, 0.5) is 0 Å². The van der Waals surface area contributed by atoms with Crippen molar-refractivity contribution in [2.75, 3.05) is 6.61 Å². The fourth-order valence-electron chi connectivity index (χ4n) is 2.07. The number of H-pyrrole nitrogens is 1. The zero-order valence-corrected chi connectivity index (χ0v) is 16.0. The first-order valence-corrected chi connectivity index (χ1v) is 8.71. The number of carbonyl (C=O) groups excluding carboxylic acids is 1. The first kappa shape index (κ1) is 19.3. The molecule has 0 saturated heterocycles. The molecular formula is C16H14Br2N2O5. The van der Waals surface area contributed by atoms with Crippen LogP contribution in [0.15, 0.2) is 21.2 Å². The zero-order valence-electron chi connectivity index (χ0n) is 12.8. The highest BCUT2D eigenvalue weighted by atomic mass is 79.9. The summed E-state index contributed by atoms with van der Waals surface area (Å²) < 4.78 is 6.85. The summed E-state index contributed by atoms with van der Waals surface area (Å²) in [7, 11) is 0. The van der Waals surface area contributed by atoms with E-state index < -0.39 is 12.0 Å². The lowest BCUT2D eigenvalue weighted by atomic mass is 10.2. The Kier molecular flexibility index (Phi) is 6.87. The number of nitrogens with one attached hydrogen (secondary N) is 2. The normalized spacial score (nSPS) is 11.7. The van der Waals surface area contributed by atoms with Crippen LogP contribution < -0.4 is 15.1 Å². The van der Waals surface area contributed by atoms with Crippen LogP contribution in [-0.4, -0.2) is 35.0 Å². The van der Waals surface area contributed by atoms with E-state index in [1.165, 1.54) is 0 Å². The van der Waals surface area contributed by atoms with Crippen LogP contribution in [0.5, 0.6) is 11.5 Å². The van der Waals surface area contributed by atoms with Gasteiger partial charge in [0.15, 0.2) is 5.75 Å². The molecule has 0 aliphatic rings. The Hall–Kier alpha value is -2.02. The van der Waals surface area contributed by atoms with Crippen molar-refractivity contribution in [3.05, 3.63) is 21.2 Å². The van der Waals surface area contributed by atoms with Crippen molar-refractivity contribution in [2.24, 2.45) is 0 Å². The summed E-state index contributed by atoms with van der Waals surface area (Å²) >= 11 is 6.88. The second-order valence-electron chi connectivity index (χ2n) is 4.96. The molecule has 0 aliphatic heterocycles. The number of hydrogen-bond donors (Lipinski definition) is 3. The number of aldehydes is 1. The summed E-state index contributed by atoms with van der Waals surface area (Å²) in [4.78, 5) is 30.1. The molecule has 2 aromatic rings. The summed E-state index contributed by atoms with van der Waals surface area (Å²) in [6, 6.07) is 1.06. The number of terminal acetylenes is 1. The number of aromatic amines is 1. The molecule has 0 radical (unpaired) electrons. The lowest BCUT2D eigenvalue weighted by Crippen LogP contribution is -2.33. The molecule has 7 nitrogen and oxygen atoms in total. The van der Waals surface area contributed by atoms with Crippen molar-refractivity contribution in [1.29, 1.82) is 0 Å². The summed E-state index contributed by atoms with van der Waals surface area (Å²) in [5.41, 5.74) is 3.33. The van der Waals surface area contributed by atoms with Gasteiger partial charge >= 0.3 is 5.97 Å². The number of carboxylic acids is 1. The first-order valence-electron chi connectivity index (χ1n) is 7.12. The number of fused-ring (bicyclic) bond motifs is 1. The van der Waals surface area contributed by atoms with Crippen molar-refractivity contribution < 1.29 is 24.3 Å². The summed E-state index contributed by atoms with van der Waals surface area (Å²) in [6.07, 6.45) is 7.41.